The summed E-state index contributed by atoms with van der Waals surface area (Å²) in [6.45, 7) is 0.506. The molecular weight excluding hydrogens is 306 g/mol. The highest BCUT2D eigenvalue weighted by Gasteiger charge is 2.31. The molecule has 2 aliphatic rings. The van der Waals surface area contributed by atoms with E-state index in [1.807, 2.05) is 6.07 Å². The van der Waals surface area contributed by atoms with Crippen LogP contribution in [-0.4, -0.2) is 32.1 Å². The molecule has 6 nitrogen and oxygen atoms in total. The standard InChI is InChI=1S/C15H19NO5S/c17-15(18)11-4-6-12(7-5-11)16-22(19,20)13-3-1-2-10-8-9-21-14(10)13/h1-3,11-12,16H,4-9H2,(H,17,18). The Bertz CT molecular complexity index is 677. The summed E-state index contributed by atoms with van der Waals surface area (Å²) < 4.78 is 33.3. The maximum absolute atomic E-state index is 12.6. The molecule has 0 bridgehead atoms. The third-order valence-electron chi connectivity index (χ3n) is 4.37. The fraction of sp³-hybridized carbons (Fsp3) is 0.533. The second-order valence-corrected chi connectivity index (χ2v) is 7.53. The molecule has 0 aromatic heterocycles. The van der Waals surface area contributed by atoms with Crippen LogP contribution in [0.15, 0.2) is 23.1 Å². The number of ether oxygens (including phenoxy) is 1. The third-order valence-corrected chi connectivity index (χ3v) is 5.91. The Morgan fingerprint density at radius 3 is 2.64 bits per heavy atom. The average Bonchev–Trinajstić information content (AvgIpc) is 2.95. The summed E-state index contributed by atoms with van der Waals surface area (Å²) in [6.07, 6.45) is 2.83. The van der Waals surface area contributed by atoms with E-state index in [-0.39, 0.29) is 16.9 Å². The zero-order valence-corrected chi connectivity index (χ0v) is 12.9. The zero-order chi connectivity index (χ0) is 15.7. The van der Waals surface area contributed by atoms with Gasteiger partial charge in [-0.1, -0.05) is 12.1 Å². The van der Waals surface area contributed by atoms with Crippen LogP contribution in [0.2, 0.25) is 0 Å². The molecule has 0 spiro atoms. The van der Waals surface area contributed by atoms with Crippen LogP contribution < -0.4 is 9.46 Å². The summed E-state index contributed by atoms with van der Waals surface area (Å²) >= 11 is 0. The van der Waals surface area contributed by atoms with Crippen LogP contribution in [-0.2, 0) is 21.2 Å². The van der Waals surface area contributed by atoms with E-state index in [2.05, 4.69) is 4.72 Å². The molecule has 1 heterocycles. The molecule has 1 fully saturated rings. The van der Waals surface area contributed by atoms with E-state index in [0.717, 1.165) is 12.0 Å². The quantitative estimate of drug-likeness (QED) is 0.876. The molecule has 1 saturated carbocycles. The van der Waals surface area contributed by atoms with Gasteiger partial charge in [0.15, 0.2) is 0 Å². The number of aliphatic carboxylic acids is 1. The van der Waals surface area contributed by atoms with E-state index in [9.17, 15) is 13.2 Å². The molecule has 7 heteroatoms. The molecule has 0 radical (unpaired) electrons. The Hall–Kier alpha value is -1.60. The Balaban J connectivity index is 1.73. The summed E-state index contributed by atoms with van der Waals surface area (Å²) in [5.41, 5.74) is 0.914. The van der Waals surface area contributed by atoms with E-state index in [1.165, 1.54) is 0 Å². The van der Waals surface area contributed by atoms with Crippen molar-refractivity contribution in [3.05, 3.63) is 23.8 Å². The molecule has 0 atom stereocenters. The molecule has 1 aliphatic heterocycles. The number of benzene rings is 1. The van der Waals surface area contributed by atoms with Crippen LogP contribution in [0.4, 0.5) is 0 Å². The topological polar surface area (TPSA) is 92.7 Å². The van der Waals surface area contributed by atoms with Gasteiger partial charge < -0.3 is 9.84 Å². The summed E-state index contributed by atoms with van der Waals surface area (Å²) in [4.78, 5) is 11.1. The number of carboxylic acid groups (broad SMARTS) is 1. The van der Waals surface area contributed by atoms with E-state index >= 15 is 0 Å². The zero-order valence-electron chi connectivity index (χ0n) is 12.1. The normalized spacial score (nSPS) is 24.5. The first kappa shape index (κ1) is 15.3. The first-order valence-electron chi connectivity index (χ1n) is 7.47. The molecule has 2 N–H and O–H groups in total. The molecule has 1 aliphatic carbocycles. The van der Waals surface area contributed by atoms with Crippen molar-refractivity contribution in [3.63, 3.8) is 0 Å². The van der Waals surface area contributed by atoms with Crippen LogP contribution in [0.1, 0.15) is 31.2 Å². The van der Waals surface area contributed by atoms with Crippen LogP contribution >= 0.6 is 0 Å². The van der Waals surface area contributed by atoms with Gasteiger partial charge in [-0.2, -0.15) is 0 Å². The second kappa shape index (κ2) is 5.89. The Kier molecular flexibility index (Phi) is 4.10. The van der Waals surface area contributed by atoms with Crippen molar-refractivity contribution in [2.45, 2.75) is 43.0 Å². The molecule has 0 unspecified atom stereocenters. The maximum Gasteiger partial charge on any atom is 0.306 e. The van der Waals surface area contributed by atoms with Crippen molar-refractivity contribution in [1.82, 2.24) is 4.72 Å². The summed E-state index contributed by atoms with van der Waals surface area (Å²) in [7, 11) is -3.65. The van der Waals surface area contributed by atoms with Gasteiger partial charge in [-0.15, -0.1) is 0 Å². The van der Waals surface area contributed by atoms with Crippen LogP contribution in [0.5, 0.6) is 5.75 Å². The fourth-order valence-electron chi connectivity index (χ4n) is 3.14. The van der Waals surface area contributed by atoms with E-state index in [0.29, 0.717) is 38.0 Å². The Labute approximate surface area is 129 Å². The van der Waals surface area contributed by atoms with Crippen LogP contribution in [0.25, 0.3) is 0 Å². The van der Waals surface area contributed by atoms with Crippen molar-refractivity contribution < 1.29 is 23.1 Å². The molecular formula is C15H19NO5S. The minimum Gasteiger partial charge on any atom is -0.492 e. The summed E-state index contributed by atoms with van der Waals surface area (Å²) in [5.74, 6) is -0.699. The lowest BCUT2D eigenvalue weighted by Gasteiger charge is -2.26. The minimum atomic E-state index is -3.65. The lowest BCUT2D eigenvalue weighted by atomic mass is 9.87. The number of sulfonamides is 1. The van der Waals surface area contributed by atoms with E-state index < -0.39 is 16.0 Å². The predicted molar refractivity (Wildman–Crippen MR) is 79.3 cm³/mol. The molecule has 22 heavy (non-hydrogen) atoms. The van der Waals surface area contributed by atoms with Crippen molar-refractivity contribution >= 4 is 16.0 Å². The van der Waals surface area contributed by atoms with Gasteiger partial charge in [-0.3, -0.25) is 4.79 Å². The third kappa shape index (κ3) is 2.96. The molecule has 1 aromatic rings. The van der Waals surface area contributed by atoms with Gasteiger partial charge in [0.05, 0.1) is 12.5 Å². The smallest absolute Gasteiger partial charge is 0.306 e. The number of para-hydroxylation sites is 1. The highest BCUT2D eigenvalue weighted by molar-refractivity contribution is 7.89. The van der Waals surface area contributed by atoms with E-state index in [4.69, 9.17) is 9.84 Å². The van der Waals surface area contributed by atoms with E-state index in [1.54, 1.807) is 12.1 Å². The minimum absolute atomic E-state index is 0.183. The number of nitrogens with one attached hydrogen (secondary N) is 1. The first-order chi connectivity index (χ1) is 10.5. The van der Waals surface area contributed by atoms with Crippen LogP contribution in [0.3, 0.4) is 0 Å². The van der Waals surface area contributed by atoms with Crippen molar-refractivity contribution in [1.29, 1.82) is 0 Å². The van der Waals surface area contributed by atoms with Gasteiger partial charge in [0.1, 0.15) is 10.6 Å². The van der Waals surface area contributed by atoms with Crippen molar-refractivity contribution in [2.75, 3.05) is 6.61 Å². The number of hydrogen-bond acceptors (Lipinski definition) is 4. The molecule has 3 rings (SSSR count). The number of carbonyl (C=O) groups is 1. The van der Waals surface area contributed by atoms with Gasteiger partial charge in [0.25, 0.3) is 0 Å². The highest BCUT2D eigenvalue weighted by atomic mass is 32.2. The number of fused-ring (bicyclic) bond motifs is 1. The molecule has 0 saturated heterocycles. The molecule has 120 valence electrons. The molecule has 0 amide bonds. The van der Waals surface area contributed by atoms with Gasteiger partial charge in [0.2, 0.25) is 10.0 Å². The van der Waals surface area contributed by atoms with Crippen molar-refractivity contribution in [2.24, 2.45) is 5.92 Å². The Morgan fingerprint density at radius 1 is 1.23 bits per heavy atom. The Morgan fingerprint density at radius 2 is 1.95 bits per heavy atom. The summed E-state index contributed by atoms with van der Waals surface area (Å²) in [6, 6.07) is 4.94. The van der Waals surface area contributed by atoms with Crippen molar-refractivity contribution in [3.8, 4) is 5.75 Å². The van der Waals surface area contributed by atoms with Gasteiger partial charge >= 0.3 is 5.97 Å². The van der Waals surface area contributed by atoms with Gasteiger partial charge in [0, 0.05) is 12.5 Å². The maximum atomic E-state index is 12.6. The number of rotatable bonds is 4. The lowest BCUT2D eigenvalue weighted by molar-refractivity contribution is -0.142. The van der Waals surface area contributed by atoms with Gasteiger partial charge in [-0.05, 0) is 37.3 Å². The first-order valence-corrected chi connectivity index (χ1v) is 8.95. The average molecular weight is 325 g/mol. The highest BCUT2D eigenvalue weighted by Crippen LogP contribution is 2.33. The second-order valence-electron chi connectivity index (χ2n) is 5.85. The molecule has 1 aromatic carbocycles. The fourth-order valence-corrected chi connectivity index (χ4v) is 4.63. The number of hydrogen-bond donors (Lipinski definition) is 2. The van der Waals surface area contributed by atoms with Crippen LogP contribution in [0, 0.1) is 5.92 Å². The predicted octanol–water partition coefficient (Wildman–Crippen LogP) is 1.54. The largest absolute Gasteiger partial charge is 0.492 e. The SMILES string of the molecule is O=C(O)C1CCC(NS(=O)(=O)c2cccc3c2OCC3)CC1. The lowest BCUT2D eigenvalue weighted by Crippen LogP contribution is -2.38. The summed E-state index contributed by atoms with van der Waals surface area (Å²) in [5, 5.41) is 8.99. The van der Waals surface area contributed by atoms with Gasteiger partial charge in [-0.25, -0.2) is 13.1 Å². The number of carboxylic acids is 1. The monoisotopic (exact) mass is 325 g/mol.